The first-order valence-corrected chi connectivity index (χ1v) is 4.56. The molecule has 0 aliphatic rings. The number of benzene rings is 1. The zero-order valence-corrected chi connectivity index (χ0v) is 11.2. The van der Waals surface area contributed by atoms with E-state index in [1.165, 1.54) is 0 Å². The van der Waals surface area contributed by atoms with Crippen LogP contribution in [0.1, 0.15) is 16.4 Å². The summed E-state index contributed by atoms with van der Waals surface area (Å²) < 4.78 is 5.34. The minimum Gasteiger partial charge on any atom is -0.541 e. The number of para-hydroxylation sites is 1. The van der Waals surface area contributed by atoms with Gasteiger partial charge >= 0.3 is 29.6 Å². The van der Waals surface area contributed by atoms with Crippen LogP contribution in [0.15, 0.2) is 30.3 Å². The van der Waals surface area contributed by atoms with Gasteiger partial charge in [-0.1, -0.05) is 18.2 Å². The van der Waals surface area contributed by atoms with Crippen molar-refractivity contribution >= 4 is 5.97 Å². The third kappa shape index (κ3) is 3.85. The fourth-order valence-electron chi connectivity index (χ4n) is 1.12. The Morgan fingerprint density at radius 3 is 2.65 bits per heavy atom. The summed E-state index contributed by atoms with van der Waals surface area (Å²) in [7, 11) is 0. The van der Waals surface area contributed by atoms with E-state index in [1.54, 1.807) is 12.1 Å². The Bertz CT molecular complexity index is 487. The van der Waals surface area contributed by atoms with Gasteiger partial charge in [0.15, 0.2) is 11.6 Å². The molecule has 0 amide bonds. The molecular weight excluding hydrogens is 233 g/mol. The van der Waals surface area contributed by atoms with Crippen molar-refractivity contribution in [1.29, 1.82) is 0 Å². The maximum Gasteiger partial charge on any atom is 1.00 e. The Kier molecular flexibility index (Phi) is 5.14. The van der Waals surface area contributed by atoms with E-state index in [1.807, 2.05) is 18.2 Å². The largest absolute Gasteiger partial charge is 1.00 e. The monoisotopic (exact) mass is 241 g/mol. The molecule has 0 saturated carbocycles. The SMILES string of the molecule is O=C([O-])c1n[nH]c(COc2ccccc2)n1.[Na+]. The molecule has 0 atom stereocenters. The average Bonchev–Trinajstić information content (AvgIpc) is 2.76. The van der Waals surface area contributed by atoms with Gasteiger partial charge in [-0.15, -0.1) is 0 Å². The molecule has 0 unspecified atom stereocenters. The molecule has 0 fully saturated rings. The number of H-pyrrole nitrogens is 1. The van der Waals surface area contributed by atoms with Crippen LogP contribution in [-0.2, 0) is 6.61 Å². The Balaban J connectivity index is 0.00000144. The number of carboxylic acid groups (broad SMARTS) is 1. The normalized spacial score (nSPS) is 9.41. The van der Waals surface area contributed by atoms with Crippen molar-refractivity contribution in [2.75, 3.05) is 0 Å². The number of rotatable bonds is 4. The predicted octanol–water partition coefficient (Wildman–Crippen LogP) is -3.25. The zero-order valence-electron chi connectivity index (χ0n) is 9.21. The van der Waals surface area contributed by atoms with Crippen molar-refractivity contribution in [1.82, 2.24) is 15.2 Å². The van der Waals surface area contributed by atoms with Crippen LogP contribution in [0.5, 0.6) is 5.75 Å². The van der Waals surface area contributed by atoms with Crippen LogP contribution in [0.2, 0.25) is 0 Å². The summed E-state index contributed by atoms with van der Waals surface area (Å²) in [6.45, 7) is 0.129. The molecule has 1 aromatic carbocycles. The number of nitrogens with one attached hydrogen (secondary N) is 1. The molecule has 0 radical (unpaired) electrons. The van der Waals surface area contributed by atoms with Crippen molar-refractivity contribution in [3.63, 3.8) is 0 Å². The van der Waals surface area contributed by atoms with E-state index in [2.05, 4.69) is 15.2 Å². The molecule has 0 aliphatic heterocycles. The number of aromatic nitrogens is 3. The fourth-order valence-corrected chi connectivity index (χ4v) is 1.12. The molecule has 0 saturated heterocycles. The number of aromatic carboxylic acids is 1. The molecule has 6 nitrogen and oxygen atoms in total. The summed E-state index contributed by atoms with van der Waals surface area (Å²) in [6.07, 6.45) is 0. The van der Waals surface area contributed by atoms with E-state index in [0.717, 1.165) is 0 Å². The second kappa shape index (κ2) is 6.39. The maximum atomic E-state index is 10.4. The van der Waals surface area contributed by atoms with Gasteiger partial charge in [0.1, 0.15) is 18.3 Å². The van der Waals surface area contributed by atoms with Gasteiger partial charge in [0.2, 0.25) is 0 Å². The summed E-state index contributed by atoms with van der Waals surface area (Å²) in [4.78, 5) is 14.1. The molecule has 82 valence electrons. The summed E-state index contributed by atoms with van der Waals surface area (Å²) in [5, 5.41) is 16.3. The molecule has 0 spiro atoms. The van der Waals surface area contributed by atoms with Crippen molar-refractivity contribution in [3.8, 4) is 5.75 Å². The first-order chi connectivity index (χ1) is 7.75. The number of aromatic amines is 1. The first-order valence-electron chi connectivity index (χ1n) is 4.56. The van der Waals surface area contributed by atoms with Crippen LogP contribution in [0, 0.1) is 0 Å². The number of ether oxygens (including phenoxy) is 1. The minimum absolute atomic E-state index is 0. The van der Waals surface area contributed by atoms with Crippen LogP contribution in [0.3, 0.4) is 0 Å². The molecule has 2 aromatic rings. The van der Waals surface area contributed by atoms with Gasteiger partial charge in [-0.25, -0.2) is 4.98 Å². The Morgan fingerprint density at radius 1 is 1.35 bits per heavy atom. The van der Waals surface area contributed by atoms with Crippen molar-refractivity contribution in [2.45, 2.75) is 6.61 Å². The quantitative estimate of drug-likeness (QED) is 0.568. The van der Waals surface area contributed by atoms with Crippen LogP contribution in [-0.4, -0.2) is 21.2 Å². The second-order valence-corrected chi connectivity index (χ2v) is 2.99. The number of carbonyl (C=O) groups is 1. The van der Waals surface area contributed by atoms with Gasteiger partial charge in [-0.2, -0.15) is 5.10 Å². The number of carbonyl (C=O) groups excluding carboxylic acids is 1. The standard InChI is InChI=1S/C10H9N3O3.Na/c14-10(15)9-11-8(12-13-9)6-16-7-4-2-1-3-5-7;/h1-5H,6H2,(H,14,15)(H,11,12,13);/q;+1/p-1. The minimum atomic E-state index is -1.41. The third-order valence-electron chi connectivity index (χ3n) is 1.83. The van der Waals surface area contributed by atoms with E-state index in [4.69, 9.17) is 4.74 Å². The van der Waals surface area contributed by atoms with Crippen LogP contribution in [0.4, 0.5) is 0 Å². The first kappa shape index (κ1) is 13.7. The zero-order chi connectivity index (χ0) is 11.4. The number of nitrogens with zero attached hydrogens (tertiary/aromatic N) is 2. The van der Waals surface area contributed by atoms with E-state index in [-0.39, 0.29) is 42.0 Å². The van der Waals surface area contributed by atoms with Gasteiger partial charge in [-0.05, 0) is 12.1 Å². The summed E-state index contributed by atoms with van der Waals surface area (Å²) in [6, 6.07) is 9.12. The predicted molar refractivity (Wildman–Crippen MR) is 51.5 cm³/mol. The average molecular weight is 241 g/mol. The Labute approximate surface area is 119 Å². The number of hydrogen-bond acceptors (Lipinski definition) is 5. The molecule has 0 bridgehead atoms. The van der Waals surface area contributed by atoms with Crippen molar-refractivity contribution in [3.05, 3.63) is 42.0 Å². The summed E-state index contributed by atoms with van der Waals surface area (Å²) >= 11 is 0. The third-order valence-corrected chi connectivity index (χ3v) is 1.83. The van der Waals surface area contributed by atoms with Gasteiger partial charge < -0.3 is 14.6 Å². The molecule has 1 aromatic heterocycles. The smallest absolute Gasteiger partial charge is 0.541 e. The molecule has 1 heterocycles. The van der Waals surface area contributed by atoms with Gasteiger partial charge in [-0.3, -0.25) is 5.10 Å². The van der Waals surface area contributed by atoms with E-state index < -0.39 is 5.97 Å². The van der Waals surface area contributed by atoms with E-state index in [0.29, 0.717) is 11.6 Å². The second-order valence-electron chi connectivity index (χ2n) is 2.99. The fraction of sp³-hybridized carbons (Fsp3) is 0.100. The number of carboxylic acids is 1. The maximum absolute atomic E-state index is 10.4. The summed E-state index contributed by atoms with van der Waals surface area (Å²) in [5.74, 6) is -0.772. The molecular formula is C10H8N3NaO3. The van der Waals surface area contributed by atoms with Crippen LogP contribution < -0.4 is 39.4 Å². The van der Waals surface area contributed by atoms with Crippen molar-refractivity contribution in [2.24, 2.45) is 0 Å². The van der Waals surface area contributed by atoms with E-state index in [9.17, 15) is 9.90 Å². The van der Waals surface area contributed by atoms with Gasteiger partial charge in [0, 0.05) is 0 Å². The number of hydrogen-bond donors (Lipinski definition) is 1. The molecule has 0 aliphatic carbocycles. The molecule has 2 rings (SSSR count). The van der Waals surface area contributed by atoms with Crippen molar-refractivity contribution < 1.29 is 44.2 Å². The van der Waals surface area contributed by atoms with Gasteiger partial charge in [0.05, 0.1) is 0 Å². The van der Waals surface area contributed by atoms with Crippen LogP contribution >= 0.6 is 0 Å². The van der Waals surface area contributed by atoms with E-state index >= 15 is 0 Å². The Hall–Kier alpha value is -1.37. The molecule has 1 N–H and O–H groups in total. The molecule has 7 heteroatoms. The molecule has 17 heavy (non-hydrogen) atoms. The Morgan fingerprint density at radius 2 is 2.06 bits per heavy atom. The van der Waals surface area contributed by atoms with Crippen LogP contribution in [0.25, 0.3) is 0 Å². The summed E-state index contributed by atoms with van der Waals surface area (Å²) in [5.41, 5.74) is 0. The van der Waals surface area contributed by atoms with Gasteiger partial charge in [0.25, 0.3) is 0 Å². The topological polar surface area (TPSA) is 90.9 Å².